The molecular weight excluding hydrogens is 260 g/mol. The normalized spacial score (nSPS) is 11.1. The molecule has 104 valence electrons. The maximum absolute atomic E-state index is 4.36. The number of pyridine rings is 1. The smallest absolute Gasteiger partial charge is 0.0936 e. The number of anilines is 1. The van der Waals surface area contributed by atoms with E-state index in [0.29, 0.717) is 0 Å². The standard InChI is InChI=1S/C17H16N4/c1-21(2)15-8-6-14(7-9-15)19-20-17-5-3-4-13-12-18-11-10-16(13)17/h3-12H,1-2H3. The lowest BCUT2D eigenvalue weighted by Crippen LogP contribution is -2.07. The third kappa shape index (κ3) is 2.89. The van der Waals surface area contributed by atoms with Crippen molar-refractivity contribution in [3.05, 3.63) is 60.9 Å². The summed E-state index contributed by atoms with van der Waals surface area (Å²) in [5, 5.41) is 10.8. The van der Waals surface area contributed by atoms with Crippen molar-refractivity contribution in [2.45, 2.75) is 0 Å². The summed E-state index contributed by atoms with van der Waals surface area (Å²) in [6, 6.07) is 15.9. The zero-order valence-corrected chi connectivity index (χ0v) is 12.1. The van der Waals surface area contributed by atoms with Crippen molar-refractivity contribution < 1.29 is 0 Å². The van der Waals surface area contributed by atoms with Gasteiger partial charge in [0.2, 0.25) is 0 Å². The van der Waals surface area contributed by atoms with Crippen LogP contribution in [0.5, 0.6) is 0 Å². The highest BCUT2D eigenvalue weighted by Crippen LogP contribution is 2.27. The van der Waals surface area contributed by atoms with Gasteiger partial charge in [0.25, 0.3) is 0 Å². The van der Waals surface area contributed by atoms with Gasteiger partial charge in [0.1, 0.15) is 0 Å². The van der Waals surface area contributed by atoms with E-state index >= 15 is 0 Å². The quantitative estimate of drug-likeness (QED) is 0.650. The molecule has 2 aromatic carbocycles. The van der Waals surface area contributed by atoms with Crippen LogP contribution in [-0.2, 0) is 0 Å². The first kappa shape index (κ1) is 13.2. The molecule has 1 heterocycles. The maximum atomic E-state index is 4.36. The SMILES string of the molecule is CN(C)c1ccc(N=Nc2cccc3cnccc23)cc1. The molecule has 4 nitrogen and oxygen atoms in total. The highest BCUT2D eigenvalue weighted by Gasteiger charge is 1.99. The van der Waals surface area contributed by atoms with Crippen LogP contribution in [0.3, 0.4) is 0 Å². The first-order valence-corrected chi connectivity index (χ1v) is 6.76. The van der Waals surface area contributed by atoms with Crippen LogP contribution in [0.1, 0.15) is 0 Å². The highest BCUT2D eigenvalue weighted by atomic mass is 15.1. The van der Waals surface area contributed by atoms with E-state index in [1.54, 1.807) is 6.20 Å². The molecule has 4 heteroatoms. The van der Waals surface area contributed by atoms with Crippen LogP contribution < -0.4 is 4.90 Å². The molecule has 0 saturated heterocycles. The predicted octanol–water partition coefficient (Wildman–Crippen LogP) is 4.72. The Labute approximate surface area is 123 Å². The summed E-state index contributed by atoms with van der Waals surface area (Å²) in [6.45, 7) is 0. The van der Waals surface area contributed by atoms with Crippen molar-refractivity contribution in [3.63, 3.8) is 0 Å². The summed E-state index contributed by atoms with van der Waals surface area (Å²) < 4.78 is 0. The number of benzene rings is 2. The second kappa shape index (κ2) is 5.71. The minimum atomic E-state index is 0.839. The van der Waals surface area contributed by atoms with Gasteiger partial charge >= 0.3 is 0 Å². The number of hydrogen-bond donors (Lipinski definition) is 0. The van der Waals surface area contributed by atoms with Crippen molar-refractivity contribution in [2.24, 2.45) is 10.2 Å². The lowest BCUT2D eigenvalue weighted by molar-refractivity contribution is 1.13. The van der Waals surface area contributed by atoms with E-state index in [2.05, 4.69) is 20.1 Å². The van der Waals surface area contributed by atoms with Crippen LogP contribution >= 0.6 is 0 Å². The number of hydrogen-bond acceptors (Lipinski definition) is 4. The number of aromatic nitrogens is 1. The first-order valence-electron chi connectivity index (χ1n) is 6.76. The largest absolute Gasteiger partial charge is 0.378 e. The zero-order valence-electron chi connectivity index (χ0n) is 12.1. The zero-order chi connectivity index (χ0) is 14.7. The second-order valence-corrected chi connectivity index (χ2v) is 4.98. The number of azo groups is 1. The van der Waals surface area contributed by atoms with E-state index in [0.717, 1.165) is 27.8 Å². The summed E-state index contributed by atoms with van der Waals surface area (Å²) in [5.41, 5.74) is 2.84. The van der Waals surface area contributed by atoms with Gasteiger partial charge in [-0.15, -0.1) is 5.11 Å². The fourth-order valence-corrected chi connectivity index (χ4v) is 2.12. The van der Waals surface area contributed by atoms with E-state index in [9.17, 15) is 0 Å². The van der Waals surface area contributed by atoms with E-state index < -0.39 is 0 Å². The van der Waals surface area contributed by atoms with Crippen LogP contribution in [0.2, 0.25) is 0 Å². The van der Waals surface area contributed by atoms with Crippen LogP contribution in [0, 0.1) is 0 Å². The Morgan fingerprint density at radius 1 is 0.905 bits per heavy atom. The molecule has 0 N–H and O–H groups in total. The van der Waals surface area contributed by atoms with Gasteiger partial charge in [0, 0.05) is 42.9 Å². The highest BCUT2D eigenvalue weighted by molar-refractivity contribution is 5.91. The van der Waals surface area contributed by atoms with E-state index in [4.69, 9.17) is 0 Å². The van der Waals surface area contributed by atoms with Crippen molar-refractivity contribution >= 4 is 27.8 Å². The third-order valence-corrected chi connectivity index (χ3v) is 3.30. The van der Waals surface area contributed by atoms with Crippen LogP contribution in [0.25, 0.3) is 10.8 Å². The Hall–Kier alpha value is -2.75. The Bertz CT molecular complexity index is 771. The molecule has 3 rings (SSSR count). The molecular formula is C17H16N4. The molecule has 0 spiro atoms. The van der Waals surface area contributed by atoms with E-state index in [-0.39, 0.29) is 0 Å². The molecule has 0 bridgehead atoms. The monoisotopic (exact) mass is 276 g/mol. The van der Waals surface area contributed by atoms with Gasteiger partial charge in [-0.05, 0) is 36.4 Å². The van der Waals surface area contributed by atoms with Crippen molar-refractivity contribution in [1.29, 1.82) is 0 Å². The average Bonchev–Trinajstić information content (AvgIpc) is 2.53. The van der Waals surface area contributed by atoms with Crippen LogP contribution in [-0.4, -0.2) is 19.1 Å². The fourth-order valence-electron chi connectivity index (χ4n) is 2.12. The van der Waals surface area contributed by atoms with Gasteiger partial charge < -0.3 is 4.90 Å². The minimum absolute atomic E-state index is 0.839. The van der Waals surface area contributed by atoms with Gasteiger partial charge in [-0.25, -0.2) is 0 Å². The Morgan fingerprint density at radius 2 is 1.71 bits per heavy atom. The van der Waals surface area contributed by atoms with Gasteiger partial charge in [-0.1, -0.05) is 12.1 Å². The molecule has 0 aliphatic carbocycles. The molecule has 0 radical (unpaired) electrons. The molecule has 0 saturated carbocycles. The molecule has 21 heavy (non-hydrogen) atoms. The van der Waals surface area contributed by atoms with Crippen LogP contribution in [0.15, 0.2) is 71.2 Å². The maximum Gasteiger partial charge on any atom is 0.0936 e. The summed E-state index contributed by atoms with van der Waals surface area (Å²) >= 11 is 0. The van der Waals surface area contributed by atoms with Gasteiger partial charge in [0.15, 0.2) is 0 Å². The third-order valence-electron chi connectivity index (χ3n) is 3.30. The van der Waals surface area contributed by atoms with Gasteiger partial charge in [-0.3, -0.25) is 4.98 Å². The summed E-state index contributed by atoms with van der Waals surface area (Å²) in [5.74, 6) is 0. The molecule has 0 amide bonds. The lowest BCUT2D eigenvalue weighted by Gasteiger charge is -2.11. The Balaban J connectivity index is 1.91. The lowest BCUT2D eigenvalue weighted by atomic mass is 10.1. The van der Waals surface area contributed by atoms with Crippen molar-refractivity contribution in [2.75, 3.05) is 19.0 Å². The topological polar surface area (TPSA) is 40.9 Å². The van der Waals surface area contributed by atoms with Crippen molar-refractivity contribution in [1.82, 2.24) is 4.98 Å². The van der Waals surface area contributed by atoms with E-state index in [1.165, 1.54) is 0 Å². The second-order valence-electron chi connectivity index (χ2n) is 4.98. The minimum Gasteiger partial charge on any atom is -0.378 e. The number of nitrogens with zero attached hydrogens (tertiary/aromatic N) is 4. The van der Waals surface area contributed by atoms with E-state index in [1.807, 2.05) is 68.8 Å². The van der Waals surface area contributed by atoms with Crippen molar-refractivity contribution in [3.8, 4) is 0 Å². The van der Waals surface area contributed by atoms with Crippen LogP contribution in [0.4, 0.5) is 17.1 Å². The van der Waals surface area contributed by atoms with Gasteiger partial charge in [-0.2, -0.15) is 5.11 Å². The molecule has 0 unspecified atom stereocenters. The molecule has 0 atom stereocenters. The summed E-state index contributed by atoms with van der Waals surface area (Å²) in [6.07, 6.45) is 3.60. The fraction of sp³-hybridized carbons (Fsp3) is 0.118. The average molecular weight is 276 g/mol. The Morgan fingerprint density at radius 3 is 2.48 bits per heavy atom. The summed E-state index contributed by atoms with van der Waals surface area (Å²) in [4.78, 5) is 6.18. The number of fused-ring (bicyclic) bond motifs is 1. The predicted molar refractivity (Wildman–Crippen MR) is 86.7 cm³/mol. The Kier molecular flexibility index (Phi) is 3.60. The molecule has 0 aliphatic heterocycles. The summed E-state index contributed by atoms with van der Waals surface area (Å²) in [7, 11) is 4.03. The molecule has 3 aromatic rings. The molecule has 1 aromatic heterocycles. The molecule has 0 aliphatic rings. The van der Waals surface area contributed by atoms with Gasteiger partial charge in [0.05, 0.1) is 11.4 Å². The first-order chi connectivity index (χ1) is 10.2. The number of rotatable bonds is 3. The molecule has 0 fully saturated rings.